The lowest BCUT2D eigenvalue weighted by molar-refractivity contribution is -0.117. The van der Waals surface area contributed by atoms with E-state index in [-0.39, 0.29) is 24.5 Å². The molecule has 0 saturated heterocycles. The fourth-order valence-corrected chi connectivity index (χ4v) is 2.86. The van der Waals surface area contributed by atoms with E-state index >= 15 is 0 Å². The van der Waals surface area contributed by atoms with Gasteiger partial charge in [-0.15, -0.1) is 0 Å². The quantitative estimate of drug-likeness (QED) is 0.874. The fraction of sp³-hybridized carbons (Fsp3) is 0.600. The van der Waals surface area contributed by atoms with Crippen molar-refractivity contribution >= 4 is 23.3 Å². The molecular formula is C15H22ClN3O2. The number of likely N-dealkylation sites (N-methyl/N-ethyl adjacent to an activating group) is 1. The molecule has 1 aromatic rings. The van der Waals surface area contributed by atoms with E-state index in [1.54, 1.807) is 12.1 Å². The molecular weight excluding hydrogens is 290 g/mol. The zero-order valence-corrected chi connectivity index (χ0v) is 13.0. The second kappa shape index (κ2) is 7.73. The Morgan fingerprint density at radius 3 is 2.90 bits per heavy atom. The smallest absolute Gasteiger partial charge is 0.239 e. The van der Waals surface area contributed by atoms with E-state index in [0.29, 0.717) is 10.8 Å². The third kappa shape index (κ3) is 5.26. The van der Waals surface area contributed by atoms with Gasteiger partial charge in [0.25, 0.3) is 0 Å². The number of aromatic nitrogens is 1. The minimum atomic E-state index is -0.234. The van der Waals surface area contributed by atoms with E-state index in [1.807, 2.05) is 11.9 Å². The second-order valence-corrected chi connectivity index (χ2v) is 6.15. The van der Waals surface area contributed by atoms with Gasteiger partial charge in [-0.1, -0.05) is 24.4 Å². The Kier molecular flexibility index (Phi) is 5.96. The van der Waals surface area contributed by atoms with Gasteiger partial charge in [0, 0.05) is 12.7 Å². The molecule has 116 valence electrons. The van der Waals surface area contributed by atoms with Gasteiger partial charge < -0.3 is 10.4 Å². The van der Waals surface area contributed by atoms with Crippen LogP contribution in [-0.2, 0) is 4.79 Å². The average Bonchev–Trinajstić information content (AvgIpc) is 2.44. The van der Waals surface area contributed by atoms with Crippen LogP contribution in [0.2, 0.25) is 5.02 Å². The van der Waals surface area contributed by atoms with Gasteiger partial charge in [0.1, 0.15) is 5.82 Å². The summed E-state index contributed by atoms with van der Waals surface area (Å²) >= 11 is 5.75. The second-order valence-electron chi connectivity index (χ2n) is 5.72. The first-order valence-corrected chi connectivity index (χ1v) is 7.70. The normalized spacial score (nSPS) is 22.3. The monoisotopic (exact) mass is 311 g/mol. The van der Waals surface area contributed by atoms with E-state index < -0.39 is 0 Å². The summed E-state index contributed by atoms with van der Waals surface area (Å²) in [7, 11) is 1.90. The lowest BCUT2D eigenvalue weighted by atomic mass is 9.86. The number of anilines is 1. The Hall–Kier alpha value is -1.17. The number of carbonyl (C=O) groups excluding carboxylic acids is 1. The highest BCUT2D eigenvalue weighted by molar-refractivity contribution is 6.30. The third-order valence-electron chi connectivity index (χ3n) is 3.82. The molecule has 1 heterocycles. The van der Waals surface area contributed by atoms with Gasteiger partial charge in [0.15, 0.2) is 0 Å². The maximum absolute atomic E-state index is 11.9. The minimum absolute atomic E-state index is 0.113. The molecule has 1 fully saturated rings. The largest absolute Gasteiger partial charge is 0.393 e. The summed E-state index contributed by atoms with van der Waals surface area (Å²) in [5.74, 6) is 0.651. The summed E-state index contributed by atoms with van der Waals surface area (Å²) in [6, 6.07) is 3.36. The van der Waals surface area contributed by atoms with Crippen LogP contribution in [0.3, 0.4) is 0 Å². The molecule has 1 aromatic heterocycles. The number of halogens is 1. The van der Waals surface area contributed by atoms with Gasteiger partial charge in [-0.05, 0) is 37.9 Å². The van der Waals surface area contributed by atoms with Gasteiger partial charge in [0.2, 0.25) is 5.91 Å². The van der Waals surface area contributed by atoms with Crippen molar-refractivity contribution in [2.24, 2.45) is 5.92 Å². The molecule has 0 aliphatic heterocycles. The Labute approximate surface area is 130 Å². The molecule has 0 radical (unpaired) electrons. The number of rotatable bonds is 5. The van der Waals surface area contributed by atoms with Gasteiger partial charge in [-0.25, -0.2) is 4.98 Å². The highest BCUT2D eigenvalue weighted by Crippen LogP contribution is 2.24. The van der Waals surface area contributed by atoms with Crippen LogP contribution in [-0.4, -0.2) is 47.1 Å². The lowest BCUT2D eigenvalue weighted by Crippen LogP contribution is -2.38. The van der Waals surface area contributed by atoms with Crippen LogP contribution >= 0.6 is 11.6 Å². The molecule has 2 atom stereocenters. The van der Waals surface area contributed by atoms with Crippen LogP contribution in [0, 0.1) is 5.92 Å². The van der Waals surface area contributed by atoms with Crippen molar-refractivity contribution in [2.75, 3.05) is 25.5 Å². The maximum Gasteiger partial charge on any atom is 0.239 e. The number of nitrogens with zero attached hydrogens (tertiary/aromatic N) is 2. The van der Waals surface area contributed by atoms with E-state index in [0.717, 1.165) is 32.2 Å². The number of aliphatic hydroxyl groups is 1. The first-order chi connectivity index (χ1) is 10.0. The first-order valence-electron chi connectivity index (χ1n) is 7.32. The van der Waals surface area contributed by atoms with Crippen molar-refractivity contribution in [1.82, 2.24) is 9.88 Å². The van der Waals surface area contributed by atoms with Crippen molar-refractivity contribution in [2.45, 2.75) is 31.8 Å². The van der Waals surface area contributed by atoms with Crippen molar-refractivity contribution < 1.29 is 9.90 Å². The molecule has 0 spiro atoms. The molecule has 0 bridgehead atoms. The molecule has 2 N–H and O–H groups in total. The summed E-state index contributed by atoms with van der Waals surface area (Å²) in [6.07, 6.45) is 5.44. The highest BCUT2D eigenvalue weighted by Gasteiger charge is 2.24. The molecule has 6 heteroatoms. The van der Waals surface area contributed by atoms with Gasteiger partial charge in [0.05, 0.1) is 17.7 Å². The Balaban J connectivity index is 1.77. The van der Waals surface area contributed by atoms with E-state index in [2.05, 4.69) is 10.3 Å². The molecule has 1 saturated carbocycles. The summed E-state index contributed by atoms with van der Waals surface area (Å²) in [6.45, 7) is 1.02. The van der Waals surface area contributed by atoms with Gasteiger partial charge >= 0.3 is 0 Å². The minimum Gasteiger partial charge on any atom is -0.393 e. The SMILES string of the molecule is CN(CC(=O)Nc1ccc(Cl)cn1)CC1CCCCC1O. The van der Waals surface area contributed by atoms with E-state index in [4.69, 9.17) is 11.6 Å². The Morgan fingerprint density at radius 2 is 2.24 bits per heavy atom. The number of aliphatic hydroxyl groups excluding tert-OH is 1. The Morgan fingerprint density at radius 1 is 1.48 bits per heavy atom. The number of carbonyl (C=O) groups is 1. The highest BCUT2D eigenvalue weighted by atomic mass is 35.5. The summed E-state index contributed by atoms with van der Waals surface area (Å²) in [5, 5.41) is 13.2. The summed E-state index contributed by atoms with van der Waals surface area (Å²) in [5.41, 5.74) is 0. The van der Waals surface area contributed by atoms with Crippen LogP contribution < -0.4 is 5.32 Å². The number of hydrogen-bond donors (Lipinski definition) is 2. The Bertz CT molecular complexity index is 466. The maximum atomic E-state index is 11.9. The first kappa shape index (κ1) is 16.2. The third-order valence-corrected chi connectivity index (χ3v) is 4.05. The molecule has 21 heavy (non-hydrogen) atoms. The standard InChI is InChI=1S/C15H22ClN3O2/c1-19(9-11-4-2-3-5-13(11)20)10-15(21)18-14-7-6-12(16)8-17-14/h6-8,11,13,20H,2-5,9-10H2,1H3,(H,17,18,21). The molecule has 1 aliphatic rings. The van der Waals surface area contributed by atoms with Crippen LogP contribution in [0.1, 0.15) is 25.7 Å². The van der Waals surface area contributed by atoms with E-state index in [9.17, 15) is 9.90 Å². The summed E-state index contributed by atoms with van der Waals surface area (Å²) < 4.78 is 0. The predicted molar refractivity (Wildman–Crippen MR) is 83.3 cm³/mol. The van der Waals surface area contributed by atoms with Crippen LogP contribution in [0.15, 0.2) is 18.3 Å². The molecule has 2 unspecified atom stereocenters. The number of pyridine rings is 1. The van der Waals surface area contributed by atoms with E-state index in [1.165, 1.54) is 6.20 Å². The fourth-order valence-electron chi connectivity index (χ4n) is 2.74. The molecule has 2 rings (SSSR count). The van der Waals surface area contributed by atoms with Crippen LogP contribution in [0.5, 0.6) is 0 Å². The summed E-state index contributed by atoms with van der Waals surface area (Å²) in [4.78, 5) is 17.9. The molecule has 0 aromatic carbocycles. The van der Waals surface area contributed by atoms with Crippen LogP contribution in [0.25, 0.3) is 0 Å². The average molecular weight is 312 g/mol. The topological polar surface area (TPSA) is 65.5 Å². The van der Waals surface area contributed by atoms with Crippen LogP contribution in [0.4, 0.5) is 5.82 Å². The van der Waals surface area contributed by atoms with Gasteiger partial charge in [-0.3, -0.25) is 9.69 Å². The predicted octanol–water partition coefficient (Wildman–Crippen LogP) is 2.16. The van der Waals surface area contributed by atoms with Crippen molar-refractivity contribution in [1.29, 1.82) is 0 Å². The number of amides is 1. The number of hydrogen-bond acceptors (Lipinski definition) is 4. The van der Waals surface area contributed by atoms with Crippen molar-refractivity contribution in [3.63, 3.8) is 0 Å². The zero-order valence-electron chi connectivity index (χ0n) is 12.3. The van der Waals surface area contributed by atoms with Gasteiger partial charge in [-0.2, -0.15) is 0 Å². The number of nitrogens with one attached hydrogen (secondary N) is 1. The molecule has 1 aliphatic carbocycles. The van der Waals surface area contributed by atoms with Crippen molar-refractivity contribution in [3.05, 3.63) is 23.4 Å². The lowest BCUT2D eigenvalue weighted by Gasteiger charge is -2.30. The molecule has 5 nitrogen and oxygen atoms in total. The van der Waals surface area contributed by atoms with Crippen molar-refractivity contribution in [3.8, 4) is 0 Å². The zero-order chi connectivity index (χ0) is 15.2. The molecule has 1 amide bonds.